The number of nitrogens with two attached hydrogens (primary N) is 1. The fourth-order valence-corrected chi connectivity index (χ4v) is 4.79. The predicted octanol–water partition coefficient (Wildman–Crippen LogP) is 0.411. The van der Waals surface area contributed by atoms with Gasteiger partial charge >= 0.3 is 6.09 Å². The van der Waals surface area contributed by atoms with Gasteiger partial charge in [-0.3, -0.25) is 23.9 Å². The Morgan fingerprint density at radius 1 is 0.826 bits per heavy atom. The van der Waals surface area contributed by atoms with Gasteiger partial charge in [-0.15, -0.1) is 0 Å². The summed E-state index contributed by atoms with van der Waals surface area (Å²) >= 11 is 0. The van der Waals surface area contributed by atoms with Crippen molar-refractivity contribution >= 4 is 29.7 Å². The lowest BCUT2D eigenvalue weighted by Crippen LogP contribution is -2.59. The van der Waals surface area contributed by atoms with Gasteiger partial charge in [-0.05, 0) is 50.5 Å². The first-order chi connectivity index (χ1) is 21.3. The molecule has 0 bridgehead atoms. The normalized spacial score (nSPS) is 15.4. The molecule has 262 valence electrons. The minimum atomic E-state index is -1.39. The summed E-state index contributed by atoms with van der Waals surface area (Å²) in [6, 6.07) is -2.18. The van der Waals surface area contributed by atoms with Gasteiger partial charge in [0.15, 0.2) is 0 Å². The molecule has 0 aromatic carbocycles. The van der Waals surface area contributed by atoms with E-state index < -0.39 is 66.5 Å². The van der Waals surface area contributed by atoms with Crippen LogP contribution in [0.2, 0.25) is 0 Å². The molecule has 0 aliphatic heterocycles. The van der Waals surface area contributed by atoms with E-state index in [2.05, 4.69) is 31.7 Å². The van der Waals surface area contributed by atoms with Crippen LogP contribution in [0.15, 0.2) is 6.07 Å². The van der Waals surface area contributed by atoms with Crippen molar-refractivity contribution in [1.82, 2.24) is 36.4 Å². The lowest BCUT2D eigenvalue weighted by atomic mass is 9.91. The summed E-state index contributed by atoms with van der Waals surface area (Å²) in [5.74, 6) is -2.74. The van der Waals surface area contributed by atoms with Gasteiger partial charge in [-0.2, -0.15) is 5.10 Å². The van der Waals surface area contributed by atoms with E-state index in [9.17, 15) is 29.1 Å². The second-order valence-corrected chi connectivity index (χ2v) is 13.3. The Labute approximate surface area is 272 Å². The van der Waals surface area contributed by atoms with E-state index in [0.29, 0.717) is 13.0 Å². The third kappa shape index (κ3) is 14.1. The number of aryl methyl sites for hydroxylation is 2. The third-order valence-corrected chi connectivity index (χ3v) is 7.39. The summed E-state index contributed by atoms with van der Waals surface area (Å²) in [5.41, 5.74) is 7.64. The fourth-order valence-electron chi connectivity index (χ4n) is 4.79. The van der Waals surface area contributed by atoms with E-state index in [1.165, 1.54) is 0 Å². The van der Waals surface area contributed by atoms with Gasteiger partial charge in [0, 0.05) is 18.2 Å². The summed E-state index contributed by atoms with van der Waals surface area (Å²) in [6.45, 7) is 16.7. The molecule has 9 N–H and O–H groups in total. The van der Waals surface area contributed by atoms with Crippen molar-refractivity contribution in [2.24, 2.45) is 29.4 Å². The number of hydrogen-bond acceptors (Lipinski definition) is 8. The van der Waals surface area contributed by atoms with Gasteiger partial charge in [0.2, 0.25) is 23.6 Å². The molecule has 1 unspecified atom stereocenters. The highest BCUT2D eigenvalue weighted by molar-refractivity contribution is 5.90. The summed E-state index contributed by atoms with van der Waals surface area (Å²) in [6.07, 6.45) is -2.26. The molecular weight excluding hydrogens is 596 g/mol. The van der Waals surface area contributed by atoms with E-state index >= 15 is 0 Å². The number of aliphatic hydroxyl groups is 1. The first-order valence-corrected chi connectivity index (χ1v) is 15.9. The Hall–Kier alpha value is -3.72. The Morgan fingerprint density at radius 2 is 1.46 bits per heavy atom. The van der Waals surface area contributed by atoms with Crippen molar-refractivity contribution in [2.75, 3.05) is 13.1 Å². The minimum Gasteiger partial charge on any atom is -0.465 e. The summed E-state index contributed by atoms with van der Waals surface area (Å²) in [7, 11) is 0. The second-order valence-electron chi connectivity index (χ2n) is 13.3. The standard InChI is InChI=1S/C31H56N8O7/c1-16(2)10-23(25(40)11-19(7)27(41)37-26(18(5)6)30(44)33-13-17(3)4)35-29(43)24(14-34-31(45)46)36-28(42)22(32)15-39-21(9)12-20(8)38-39/h12,16-19,22-26,34,40H,10-11,13-15,32H2,1-9H3,(H,33,44)(H,35,43)(H,36,42)(H,37,41)(H,45,46)/t19-,22?,23+,24+,25-,26+/m1/s1. The molecule has 0 radical (unpaired) electrons. The molecule has 0 fully saturated rings. The summed E-state index contributed by atoms with van der Waals surface area (Å²) in [4.78, 5) is 63.3. The molecule has 0 aliphatic rings. The molecule has 0 saturated heterocycles. The van der Waals surface area contributed by atoms with Crippen LogP contribution in [0.1, 0.15) is 72.7 Å². The first-order valence-electron chi connectivity index (χ1n) is 15.9. The van der Waals surface area contributed by atoms with Gasteiger partial charge in [-0.25, -0.2) is 4.79 Å². The highest BCUT2D eigenvalue weighted by atomic mass is 16.4. The van der Waals surface area contributed by atoms with Gasteiger partial charge < -0.3 is 42.5 Å². The van der Waals surface area contributed by atoms with E-state index in [0.717, 1.165) is 11.4 Å². The molecule has 1 heterocycles. The number of hydrogen-bond donors (Lipinski definition) is 8. The number of carboxylic acid groups (broad SMARTS) is 1. The first kappa shape index (κ1) is 40.3. The smallest absolute Gasteiger partial charge is 0.404 e. The molecule has 15 heteroatoms. The number of carbonyl (C=O) groups excluding carboxylic acids is 4. The number of aromatic nitrogens is 2. The van der Waals surface area contributed by atoms with Gasteiger partial charge in [-0.1, -0.05) is 48.5 Å². The molecular formula is C31H56N8O7. The van der Waals surface area contributed by atoms with Gasteiger partial charge in [0.25, 0.3) is 0 Å². The number of amides is 5. The van der Waals surface area contributed by atoms with Crippen LogP contribution in [0, 0.1) is 37.5 Å². The zero-order valence-electron chi connectivity index (χ0n) is 28.7. The molecule has 1 aromatic heterocycles. The van der Waals surface area contributed by atoms with Gasteiger partial charge in [0.1, 0.15) is 18.1 Å². The van der Waals surface area contributed by atoms with Crippen molar-refractivity contribution in [3.8, 4) is 0 Å². The van der Waals surface area contributed by atoms with Crippen LogP contribution in [-0.2, 0) is 25.7 Å². The van der Waals surface area contributed by atoms with Crippen LogP contribution < -0.4 is 32.3 Å². The van der Waals surface area contributed by atoms with Crippen molar-refractivity contribution in [2.45, 2.75) is 112 Å². The second kappa shape index (κ2) is 19.1. The third-order valence-electron chi connectivity index (χ3n) is 7.39. The number of nitrogens with one attached hydrogen (secondary N) is 5. The topological polar surface area (TPSA) is 230 Å². The molecule has 1 rings (SSSR count). The monoisotopic (exact) mass is 652 g/mol. The molecule has 5 amide bonds. The maximum atomic E-state index is 13.4. The van der Waals surface area contributed by atoms with Crippen LogP contribution in [-0.4, -0.2) is 93.1 Å². The van der Waals surface area contributed by atoms with E-state index in [-0.39, 0.29) is 36.6 Å². The molecule has 46 heavy (non-hydrogen) atoms. The molecule has 15 nitrogen and oxygen atoms in total. The molecule has 0 saturated carbocycles. The van der Waals surface area contributed by atoms with Crippen LogP contribution in [0.5, 0.6) is 0 Å². The summed E-state index contributed by atoms with van der Waals surface area (Å²) in [5, 5.41) is 37.6. The van der Waals surface area contributed by atoms with E-state index in [4.69, 9.17) is 10.8 Å². The zero-order valence-corrected chi connectivity index (χ0v) is 28.7. The Balaban J connectivity index is 3.00. The minimum absolute atomic E-state index is 0.0263. The van der Waals surface area contributed by atoms with Crippen molar-refractivity contribution in [3.05, 3.63) is 17.5 Å². The SMILES string of the molecule is Cc1cc(C)n(CC(N)C(=O)N[C@@H](CNC(=O)O)C(=O)N[C@@H](CC(C)C)[C@H](O)C[C@@H](C)C(=O)N[C@H](C(=O)NCC(C)C)C(C)C)n1. The predicted molar refractivity (Wildman–Crippen MR) is 173 cm³/mol. The number of carbonyl (C=O) groups is 5. The molecule has 0 aliphatic carbocycles. The summed E-state index contributed by atoms with van der Waals surface area (Å²) < 4.78 is 1.57. The Kier molecular flexibility index (Phi) is 16.7. The highest BCUT2D eigenvalue weighted by Gasteiger charge is 2.32. The van der Waals surface area contributed by atoms with E-state index in [1.54, 1.807) is 18.5 Å². The Morgan fingerprint density at radius 3 is 1.96 bits per heavy atom. The van der Waals surface area contributed by atoms with Crippen LogP contribution in [0.3, 0.4) is 0 Å². The maximum Gasteiger partial charge on any atom is 0.404 e. The lowest BCUT2D eigenvalue weighted by molar-refractivity contribution is -0.133. The number of rotatable bonds is 19. The van der Waals surface area contributed by atoms with Crippen molar-refractivity contribution in [1.29, 1.82) is 0 Å². The maximum absolute atomic E-state index is 13.4. The Bertz CT molecular complexity index is 1170. The van der Waals surface area contributed by atoms with Crippen LogP contribution in [0.4, 0.5) is 4.79 Å². The molecule has 1 aromatic rings. The quantitative estimate of drug-likeness (QED) is 0.103. The molecule has 6 atom stereocenters. The molecule has 0 spiro atoms. The average Bonchev–Trinajstić information content (AvgIpc) is 3.26. The van der Waals surface area contributed by atoms with Crippen molar-refractivity contribution in [3.63, 3.8) is 0 Å². The number of aliphatic hydroxyl groups excluding tert-OH is 1. The average molecular weight is 653 g/mol. The zero-order chi connectivity index (χ0) is 35.3. The highest BCUT2D eigenvalue weighted by Crippen LogP contribution is 2.17. The fraction of sp³-hybridized carbons (Fsp3) is 0.742. The van der Waals surface area contributed by atoms with Crippen LogP contribution >= 0.6 is 0 Å². The number of nitrogens with zero attached hydrogens (tertiary/aromatic N) is 2. The van der Waals surface area contributed by atoms with E-state index in [1.807, 2.05) is 54.5 Å². The lowest BCUT2D eigenvalue weighted by Gasteiger charge is -2.30. The van der Waals surface area contributed by atoms with Crippen LogP contribution in [0.25, 0.3) is 0 Å². The van der Waals surface area contributed by atoms with Gasteiger partial charge in [0.05, 0.1) is 30.9 Å². The van der Waals surface area contributed by atoms with Crippen molar-refractivity contribution < 1.29 is 34.2 Å². The largest absolute Gasteiger partial charge is 0.465 e.